The standard InChI is InChI=1S/C15H20N6O4S2/c1-21-7-10(13(20-21)24-2)12(23)17-14-18-19-15(27-14)26-8-11(22)16-6-9-4-3-5-25-9/h7,9H,3-6,8H2,1-2H3,(H,16,22)(H,17,18,23)/t9-/m0/s1. The van der Waals surface area contributed by atoms with Gasteiger partial charge in [-0.25, -0.2) is 0 Å². The number of amides is 2. The van der Waals surface area contributed by atoms with E-state index in [0.717, 1.165) is 19.4 Å². The molecule has 1 fully saturated rings. The second kappa shape index (κ2) is 9.15. The first-order chi connectivity index (χ1) is 13.0. The van der Waals surface area contributed by atoms with E-state index in [0.29, 0.717) is 21.6 Å². The molecule has 3 heterocycles. The highest BCUT2D eigenvalue weighted by Gasteiger charge is 2.19. The highest BCUT2D eigenvalue weighted by atomic mass is 32.2. The SMILES string of the molecule is COc1nn(C)cc1C(=O)Nc1nnc(SCC(=O)NC[C@@H]2CCCO2)s1. The first-order valence-electron chi connectivity index (χ1n) is 8.28. The second-order valence-corrected chi connectivity index (χ2v) is 7.98. The topological polar surface area (TPSA) is 120 Å². The minimum absolute atomic E-state index is 0.0867. The smallest absolute Gasteiger partial charge is 0.264 e. The zero-order chi connectivity index (χ0) is 19.2. The van der Waals surface area contributed by atoms with Crippen LogP contribution in [0.15, 0.2) is 10.5 Å². The Morgan fingerprint density at radius 3 is 3.07 bits per heavy atom. The maximum atomic E-state index is 12.3. The highest BCUT2D eigenvalue weighted by Crippen LogP contribution is 2.26. The first kappa shape index (κ1) is 19.6. The molecule has 1 saturated heterocycles. The summed E-state index contributed by atoms with van der Waals surface area (Å²) in [5.74, 6) is -0.0125. The van der Waals surface area contributed by atoms with E-state index in [4.69, 9.17) is 9.47 Å². The van der Waals surface area contributed by atoms with Gasteiger partial charge < -0.3 is 14.8 Å². The van der Waals surface area contributed by atoms with Crippen molar-refractivity contribution in [3.8, 4) is 5.88 Å². The molecule has 2 amide bonds. The third-order valence-corrected chi connectivity index (χ3v) is 5.71. The van der Waals surface area contributed by atoms with E-state index in [9.17, 15) is 9.59 Å². The third-order valence-electron chi connectivity index (χ3n) is 3.74. The number of carbonyl (C=O) groups excluding carboxylic acids is 2. The number of hydrogen-bond donors (Lipinski definition) is 2. The van der Waals surface area contributed by atoms with Gasteiger partial charge in [-0.15, -0.1) is 15.3 Å². The number of rotatable bonds is 8. The van der Waals surface area contributed by atoms with Crippen molar-refractivity contribution in [3.05, 3.63) is 11.8 Å². The Morgan fingerprint density at radius 1 is 1.48 bits per heavy atom. The quantitative estimate of drug-likeness (QED) is 0.485. The molecule has 1 aliphatic heterocycles. The molecule has 10 nitrogen and oxygen atoms in total. The van der Waals surface area contributed by atoms with Crippen LogP contribution in [-0.2, 0) is 16.6 Å². The average Bonchev–Trinajstić information content (AvgIpc) is 3.39. The van der Waals surface area contributed by atoms with Crippen molar-refractivity contribution in [3.63, 3.8) is 0 Å². The molecule has 0 aromatic carbocycles. The minimum Gasteiger partial charge on any atom is -0.479 e. The molecule has 1 aliphatic rings. The van der Waals surface area contributed by atoms with Crippen LogP contribution >= 0.6 is 23.1 Å². The molecule has 0 saturated carbocycles. The lowest BCUT2D eigenvalue weighted by atomic mass is 10.2. The van der Waals surface area contributed by atoms with Gasteiger partial charge in [0, 0.05) is 26.4 Å². The number of nitrogens with zero attached hydrogens (tertiary/aromatic N) is 4. The second-order valence-electron chi connectivity index (χ2n) is 5.78. The van der Waals surface area contributed by atoms with Crippen LogP contribution in [0, 0.1) is 0 Å². The molecule has 2 aromatic rings. The fraction of sp³-hybridized carbons (Fsp3) is 0.533. The van der Waals surface area contributed by atoms with Crippen molar-refractivity contribution in [1.82, 2.24) is 25.3 Å². The monoisotopic (exact) mass is 412 g/mol. The lowest BCUT2D eigenvalue weighted by molar-refractivity contribution is -0.119. The third kappa shape index (κ3) is 5.40. The summed E-state index contributed by atoms with van der Waals surface area (Å²) in [5, 5.41) is 17.8. The Bertz CT molecular complexity index is 802. The predicted molar refractivity (Wildman–Crippen MR) is 100 cm³/mol. The van der Waals surface area contributed by atoms with Crippen LogP contribution in [0.2, 0.25) is 0 Å². The van der Waals surface area contributed by atoms with Gasteiger partial charge in [0.1, 0.15) is 5.56 Å². The Hall–Kier alpha value is -2.18. The van der Waals surface area contributed by atoms with Crippen LogP contribution in [0.25, 0.3) is 0 Å². The van der Waals surface area contributed by atoms with E-state index in [1.807, 2.05) is 0 Å². The number of hydrogen-bond acceptors (Lipinski definition) is 9. The van der Waals surface area contributed by atoms with Crippen LogP contribution in [-0.4, -0.2) is 63.9 Å². The molecule has 12 heteroatoms. The molecule has 2 N–H and O–H groups in total. The van der Waals surface area contributed by atoms with E-state index in [2.05, 4.69) is 25.9 Å². The van der Waals surface area contributed by atoms with Gasteiger partial charge >= 0.3 is 0 Å². The fourth-order valence-electron chi connectivity index (χ4n) is 2.47. The number of nitrogens with one attached hydrogen (secondary N) is 2. The first-order valence-corrected chi connectivity index (χ1v) is 10.1. The van der Waals surface area contributed by atoms with E-state index < -0.39 is 0 Å². The summed E-state index contributed by atoms with van der Waals surface area (Å²) >= 11 is 2.46. The van der Waals surface area contributed by atoms with Gasteiger partial charge in [0.25, 0.3) is 5.91 Å². The molecule has 0 bridgehead atoms. The molecule has 27 heavy (non-hydrogen) atoms. The zero-order valence-electron chi connectivity index (χ0n) is 14.9. The predicted octanol–water partition coefficient (Wildman–Crippen LogP) is 0.920. The number of aryl methyl sites for hydroxylation is 1. The van der Waals surface area contributed by atoms with Crippen molar-refractivity contribution < 1.29 is 19.1 Å². The molecule has 3 rings (SSSR count). The lowest BCUT2D eigenvalue weighted by Gasteiger charge is -2.09. The van der Waals surface area contributed by atoms with E-state index in [1.54, 1.807) is 13.2 Å². The number of aromatic nitrogens is 4. The number of anilines is 1. The summed E-state index contributed by atoms with van der Waals surface area (Å²) in [5.41, 5.74) is 0.304. The lowest BCUT2D eigenvalue weighted by Crippen LogP contribution is -2.32. The molecule has 1 atom stereocenters. The fourth-order valence-corrected chi connectivity index (χ4v) is 4.05. The maximum Gasteiger partial charge on any atom is 0.264 e. The van der Waals surface area contributed by atoms with Gasteiger partial charge in [-0.2, -0.15) is 0 Å². The van der Waals surface area contributed by atoms with Gasteiger partial charge in [0.15, 0.2) is 4.34 Å². The molecule has 146 valence electrons. The number of carbonyl (C=O) groups is 2. The molecule has 0 unspecified atom stereocenters. The highest BCUT2D eigenvalue weighted by molar-refractivity contribution is 8.01. The Balaban J connectivity index is 1.46. The molecule has 0 aliphatic carbocycles. The van der Waals surface area contributed by atoms with Crippen LogP contribution < -0.4 is 15.4 Å². The van der Waals surface area contributed by atoms with E-state index in [1.165, 1.54) is 34.9 Å². The average molecular weight is 412 g/mol. The van der Waals surface area contributed by atoms with Gasteiger partial charge in [-0.1, -0.05) is 23.1 Å². The molecular formula is C15H20N6O4S2. The Morgan fingerprint density at radius 2 is 2.33 bits per heavy atom. The maximum absolute atomic E-state index is 12.3. The number of thioether (sulfide) groups is 1. The van der Waals surface area contributed by atoms with Crippen molar-refractivity contribution in [2.75, 3.05) is 31.3 Å². The minimum atomic E-state index is -0.387. The van der Waals surface area contributed by atoms with Crippen LogP contribution in [0.1, 0.15) is 23.2 Å². The van der Waals surface area contributed by atoms with Crippen LogP contribution in [0.5, 0.6) is 5.88 Å². The molecule has 2 aromatic heterocycles. The van der Waals surface area contributed by atoms with Gasteiger partial charge in [-0.3, -0.25) is 19.6 Å². The summed E-state index contributed by atoms with van der Waals surface area (Å²) < 4.78 is 12.6. The van der Waals surface area contributed by atoms with Gasteiger partial charge in [-0.05, 0) is 12.8 Å². The summed E-state index contributed by atoms with van der Waals surface area (Å²) in [6.07, 6.45) is 3.70. The largest absolute Gasteiger partial charge is 0.479 e. The normalized spacial score (nSPS) is 16.3. The van der Waals surface area contributed by atoms with Crippen molar-refractivity contribution in [1.29, 1.82) is 0 Å². The van der Waals surface area contributed by atoms with E-state index in [-0.39, 0.29) is 29.6 Å². The van der Waals surface area contributed by atoms with E-state index >= 15 is 0 Å². The summed E-state index contributed by atoms with van der Waals surface area (Å²) in [7, 11) is 3.14. The number of ether oxygens (including phenoxy) is 2. The van der Waals surface area contributed by atoms with Crippen LogP contribution in [0.3, 0.4) is 0 Å². The molecule has 0 radical (unpaired) electrons. The zero-order valence-corrected chi connectivity index (χ0v) is 16.6. The summed E-state index contributed by atoms with van der Waals surface area (Å²) in [6, 6.07) is 0. The Labute approximate surface area is 164 Å². The Kier molecular flexibility index (Phi) is 6.63. The summed E-state index contributed by atoms with van der Waals surface area (Å²) in [6.45, 7) is 1.29. The summed E-state index contributed by atoms with van der Waals surface area (Å²) in [4.78, 5) is 24.2. The number of methoxy groups -OCH3 is 1. The van der Waals surface area contributed by atoms with Gasteiger partial charge in [0.05, 0.1) is 19.0 Å². The van der Waals surface area contributed by atoms with Crippen LogP contribution in [0.4, 0.5) is 5.13 Å². The van der Waals surface area contributed by atoms with Crippen molar-refractivity contribution >= 4 is 40.0 Å². The molecule has 0 spiro atoms. The van der Waals surface area contributed by atoms with Gasteiger partial charge in [0.2, 0.25) is 16.9 Å². The van der Waals surface area contributed by atoms with Crippen molar-refractivity contribution in [2.24, 2.45) is 7.05 Å². The molecular weight excluding hydrogens is 392 g/mol. The van der Waals surface area contributed by atoms with Crippen molar-refractivity contribution in [2.45, 2.75) is 23.3 Å².